The molecule has 28 heavy (non-hydrogen) atoms. The number of carbonyl (C=O) groups is 2. The molecular formula is C21H27N3O3S. The molecule has 3 rings (SSSR count). The summed E-state index contributed by atoms with van der Waals surface area (Å²) in [5, 5.41) is 5.15. The van der Waals surface area contributed by atoms with Gasteiger partial charge in [0, 0.05) is 5.38 Å². The van der Waals surface area contributed by atoms with E-state index in [1.54, 1.807) is 12.3 Å². The molecule has 0 radical (unpaired) electrons. The zero-order valence-electron chi connectivity index (χ0n) is 16.2. The van der Waals surface area contributed by atoms with Gasteiger partial charge >= 0.3 is 5.97 Å². The lowest BCUT2D eigenvalue weighted by Gasteiger charge is -2.31. The molecule has 1 fully saturated rings. The summed E-state index contributed by atoms with van der Waals surface area (Å²) in [7, 11) is 0. The number of anilines is 1. The van der Waals surface area contributed by atoms with Crippen LogP contribution in [0.4, 0.5) is 5.13 Å². The van der Waals surface area contributed by atoms with Gasteiger partial charge < -0.3 is 10.1 Å². The van der Waals surface area contributed by atoms with Crippen molar-refractivity contribution in [2.24, 2.45) is 5.92 Å². The standard InChI is InChI=1S/C21H27N3O3S/c1-2-27-20(26)13-18-15-28-21(22-18)23-19(25)14-24-10-8-17(9-11-24)12-16-6-4-3-5-7-16/h3-7,15,17H,2,8-14H2,1H3,(H,22,23,25). The van der Waals surface area contributed by atoms with E-state index >= 15 is 0 Å². The Labute approximate surface area is 169 Å². The molecule has 1 N–H and O–H groups in total. The van der Waals surface area contributed by atoms with Crippen molar-refractivity contribution >= 4 is 28.3 Å². The Kier molecular flexibility index (Phi) is 7.56. The molecule has 1 aliphatic rings. The van der Waals surface area contributed by atoms with Gasteiger partial charge in [0.25, 0.3) is 0 Å². The van der Waals surface area contributed by atoms with Gasteiger partial charge in [-0.05, 0) is 50.8 Å². The van der Waals surface area contributed by atoms with Crippen molar-refractivity contribution in [3.05, 3.63) is 47.0 Å². The average molecular weight is 402 g/mol. The maximum Gasteiger partial charge on any atom is 0.311 e. The van der Waals surface area contributed by atoms with Crippen molar-refractivity contribution in [3.8, 4) is 0 Å². The average Bonchev–Trinajstić information content (AvgIpc) is 3.11. The van der Waals surface area contributed by atoms with E-state index < -0.39 is 0 Å². The normalized spacial score (nSPS) is 15.3. The van der Waals surface area contributed by atoms with E-state index in [1.165, 1.54) is 16.9 Å². The number of benzene rings is 1. The highest BCUT2D eigenvalue weighted by molar-refractivity contribution is 7.13. The summed E-state index contributed by atoms with van der Waals surface area (Å²) in [4.78, 5) is 30.3. The lowest BCUT2D eigenvalue weighted by molar-refractivity contribution is -0.142. The summed E-state index contributed by atoms with van der Waals surface area (Å²) < 4.78 is 4.91. The third-order valence-corrected chi connectivity index (χ3v) is 5.68. The fourth-order valence-electron chi connectivity index (χ4n) is 3.46. The summed E-state index contributed by atoms with van der Waals surface area (Å²) in [5.74, 6) is 0.328. The quantitative estimate of drug-likeness (QED) is 0.688. The van der Waals surface area contributed by atoms with Crippen LogP contribution in [0.3, 0.4) is 0 Å². The lowest BCUT2D eigenvalue weighted by atomic mass is 9.90. The van der Waals surface area contributed by atoms with E-state index in [0.29, 0.717) is 29.9 Å². The number of hydrogen-bond donors (Lipinski definition) is 1. The number of amides is 1. The second-order valence-electron chi connectivity index (χ2n) is 7.08. The number of carbonyl (C=O) groups excluding carboxylic acids is 2. The molecular weight excluding hydrogens is 374 g/mol. The molecule has 1 saturated heterocycles. The maximum absolute atomic E-state index is 12.3. The molecule has 1 aromatic heterocycles. The zero-order valence-corrected chi connectivity index (χ0v) is 17.0. The Hall–Kier alpha value is -2.25. The smallest absolute Gasteiger partial charge is 0.311 e. The number of ether oxygens (including phenoxy) is 1. The van der Waals surface area contributed by atoms with Crippen LogP contribution in [0.25, 0.3) is 0 Å². The van der Waals surface area contributed by atoms with Gasteiger partial charge in [-0.2, -0.15) is 0 Å². The van der Waals surface area contributed by atoms with Crippen molar-refractivity contribution in [2.45, 2.75) is 32.6 Å². The van der Waals surface area contributed by atoms with E-state index in [9.17, 15) is 9.59 Å². The first-order valence-corrected chi connectivity index (χ1v) is 10.7. The Balaban J connectivity index is 1.39. The van der Waals surface area contributed by atoms with Gasteiger partial charge in [-0.15, -0.1) is 11.3 Å². The van der Waals surface area contributed by atoms with Crippen LogP contribution in [0.15, 0.2) is 35.7 Å². The molecule has 2 heterocycles. The van der Waals surface area contributed by atoms with E-state index in [4.69, 9.17) is 4.74 Å². The first-order valence-electron chi connectivity index (χ1n) is 9.78. The topological polar surface area (TPSA) is 71.5 Å². The van der Waals surface area contributed by atoms with Crippen LogP contribution in [-0.2, 0) is 27.2 Å². The minimum absolute atomic E-state index is 0.0569. The summed E-state index contributed by atoms with van der Waals surface area (Å²) in [6.45, 7) is 4.39. The molecule has 1 aromatic carbocycles. The third kappa shape index (κ3) is 6.42. The molecule has 0 aliphatic carbocycles. The number of rotatable bonds is 8. The fraction of sp³-hybridized carbons (Fsp3) is 0.476. The number of likely N-dealkylation sites (tertiary alicyclic amines) is 1. The molecule has 7 heteroatoms. The van der Waals surface area contributed by atoms with Crippen LogP contribution in [0.2, 0.25) is 0 Å². The molecule has 0 atom stereocenters. The van der Waals surface area contributed by atoms with Gasteiger partial charge in [-0.1, -0.05) is 30.3 Å². The largest absolute Gasteiger partial charge is 0.466 e. The van der Waals surface area contributed by atoms with E-state index in [0.717, 1.165) is 32.4 Å². The van der Waals surface area contributed by atoms with Gasteiger partial charge in [0.05, 0.1) is 25.3 Å². The predicted octanol–water partition coefficient (Wildman–Crippen LogP) is 3.14. The summed E-state index contributed by atoms with van der Waals surface area (Å²) in [5.41, 5.74) is 2.02. The van der Waals surface area contributed by atoms with Gasteiger partial charge in [-0.25, -0.2) is 4.98 Å². The number of thiazole rings is 1. The highest BCUT2D eigenvalue weighted by Crippen LogP contribution is 2.22. The van der Waals surface area contributed by atoms with Gasteiger partial charge in [0.15, 0.2) is 5.13 Å². The molecule has 150 valence electrons. The zero-order chi connectivity index (χ0) is 19.8. The van der Waals surface area contributed by atoms with Crippen LogP contribution >= 0.6 is 11.3 Å². The molecule has 1 amide bonds. The fourth-order valence-corrected chi connectivity index (χ4v) is 4.19. The van der Waals surface area contributed by atoms with E-state index in [1.807, 2.05) is 6.07 Å². The molecule has 0 saturated carbocycles. The van der Waals surface area contributed by atoms with Gasteiger partial charge in [0.1, 0.15) is 0 Å². The Morgan fingerprint density at radius 2 is 2.00 bits per heavy atom. The van der Waals surface area contributed by atoms with Gasteiger partial charge in [-0.3, -0.25) is 14.5 Å². The first kappa shape index (κ1) is 20.5. The summed E-state index contributed by atoms with van der Waals surface area (Å²) >= 11 is 1.33. The number of nitrogens with zero attached hydrogens (tertiary/aromatic N) is 2. The monoisotopic (exact) mass is 401 g/mol. The SMILES string of the molecule is CCOC(=O)Cc1csc(NC(=O)CN2CCC(Cc3ccccc3)CC2)n1. The Bertz CT molecular complexity index is 770. The number of hydrogen-bond acceptors (Lipinski definition) is 6. The third-order valence-electron chi connectivity index (χ3n) is 4.87. The second kappa shape index (κ2) is 10.3. The maximum atomic E-state index is 12.3. The molecule has 0 unspecified atom stereocenters. The number of nitrogens with one attached hydrogen (secondary N) is 1. The Morgan fingerprint density at radius 3 is 2.71 bits per heavy atom. The first-order chi connectivity index (χ1) is 13.6. The molecule has 0 spiro atoms. The minimum atomic E-state index is -0.302. The number of aromatic nitrogens is 1. The van der Waals surface area contributed by atoms with Crippen molar-refractivity contribution in [1.82, 2.24) is 9.88 Å². The van der Waals surface area contributed by atoms with Crippen LogP contribution in [-0.4, -0.2) is 48.0 Å². The van der Waals surface area contributed by atoms with Crippen molar-refractivity contribution in [2.75, 3.05) is 31.6 Å². The Morgan fingerprint density at radius 1 is 1.25 bits per heavy atom. The van der Waals surface area contributed by atoms with E-state index in [2.05, 4.69) is 39.5 Å². The lowest BCUT2D eigenvalue weighted by Crippen LogP contribution is -2.39. The molecule has 0 bridgehead atoms. The predicted molar refractivity (Wildman–Crippen MR) is 110 cm³/mol. The van der Waals surface area contributed by atoms with Crippen molar-refractivity contribution in [3.63, 3.8) is 0 Å². The van der Waals surface area contributed by atoms with E-state index in [-0.39, 0.29) is 18.3 Å². The summed E-state index contributed by atoms with van der Waals surface area (Å²) in [6.07, 6.45) is 3.48. The van der Waals surface area contributed by atoms with Crippen LogP contribution < -0.4 is 5.32 Å². The van der Waals surface area contributed by atoms with Gasteiger partial charge in [0.2, 0.25) is 5.91 Å². The highest BCUT2D eigenvalue weighted by atomic mass is 32.1. The van der Waals surface area contributed by atoms with Crippen molar-refractivity contribution in [1.29, 1.82) is 0 Å². The minimum Gasteiger partial charge on any atom is -0.466 e. The number of esters is 1. The molecule has 6 nitrogen and oxygen atoms in total. The molecule has 2 aromatic rings. The van der Waals surface area contributed by atoms with Crippen LogP contribution in [0, 0.1) is 5.92 Å². The molecule has 1 aliphatic heterocycles. The summed E-state index contributed by atoms with van der Waals surface area (Å²) in [6, 6.07) is 10.6. The number of piperidine rings is 1. The second-order valence-corrected chi connectivity index (χ2v) is 7.94. The van der Waals surface area contributed by atoms with Crippen LogP contribution in [0.1, 0.15) is 31.0 Å². The van der Waals surface area contributed by atoms with Crippen molar-refractivity contribution < 1.29 is 14.3 Å². The van der Waals surface area contributed by atoms with Crippen LogP contribution in [0.5, 0.6) is 0 Å². The highest BCUT2D eigenvalue weighted by Gasteiger charge is 2.21.